The normalized spacial score (nSPS) is 10.9. The Labute approximate surface area is 177 Å². The molecular formula is C21H22F3N3O4. The second-order valence-corrected chi connectivity index (χ2v) is 6.34. The smallest absolute Gasteiger partial charge is 0.496 e. The van der Waals surface area contributed by atoms with Crippen LogP contribution in [0, 0.1) is 6.92 Å². The first-order valence-electron chi connectivity index (χ1n) is 9.17. The molecule has 31 heavy (non-hydrogen) atoms. The summed E-state index contributed by atoms with van der Waals surface area (Å²) in [5, 5.41) is 5.73. The van der Waals surface area contributed by atoms with Gasteiger partial charge in [-0.3, -0.25) is 4.79 Å². The van der Waals surface area contributed by atoms with Gasteiger partial charge in [0.1, 0.15) is 17.8 Å². The molecule has 0 unspecified atom stereocenters. The maximum Gasteiger partial charge on any atom is 0.573 e. The van der Waals surface area contributed by atoms with Gasteiger partial charge in [0.25, 0.3) is 0 Å². The highest BCUT2D eigenvalue weighted by Gasteiger charge is 2.31. The van der Waals surface area contributed by atoms with Crippen LogP contribution < -0.4 is 20.1 Å². The van der Waals surface area contributed by atoms with Crippen molar-refractivity contribution in [2.75, 3.05) is 24.8 Å². The van der Waals surface area contributed by atoms with E-state index in [1.165, 1.54) is 19.3 Å². The highest BCUT2D eigenvalue weighted by Crippen LogP contribution is 2.40. The molecular weight excluding hydrogens is 415 g/mol. The van der Waals surface area contributed by atoms with E-state index < -0.39 is 12.1 Å². The second kappa shape index (κ2) is 9.96. The topological polar surface area (TPSA) is 89.6 Å². The molecule has 2 N–H and O–H groups in total. The lowest BCUT2D eigenvalue weighted by Gasteiger charge is -2.20. The van der Waals surface area contributed by atoms with Gasteiger partial charge in [-0.15, -0.1) is 13.2 Å². The third kappa shape index (κ3) is 5.74. The van der Waals surface area contributed by atoms with Gasteiger partial charge in [-0.2, -0.15) is 0 Å². The third-order valence-electron chi connectivity index (χ3n) is 4.33. The average Bonchev–Trinajstić information content (AvgIpc) is 2.72. The summed E-state index contributed by atoms with van der Waals surface area (Å²) in [7, 11) is 2.96. The molecule has 0 saturated carbocycles. The van der Waals surface area contributed by atoms with Crippen molar-refractivity contribution in [3.8, 4) is 22.8 Å². The number of amides is 1. The Morgan fingerprint density at radius 2 is 2.00 bits per heavy atom. The van der Waals surface area contributed by atoms with Crippen molar-refractivity contribution < 1.29 is 32.2 Å². The van der Waals surface area contributed by atoms with Crippen molar-refractivity contribution in [1.29, 1.82) is 0 Å². The van der Waals surface area contributed by atoms with Crippen molar-refractivity contribution in [3.63, 3.8) is 0 Å². The summed E-state index contributed by atoms with van der Waals surface area (Å²) in [6.07, 6.45) is -2.65. The van der Waals surface area contributed by atoms with Crippen molar-refractivity contribution >= 4 is 29.6 Å². The number of carbonyl (C=O) groups is 2. The lowest BCUT2D eigenvalue weighted by molar-refractivity contribution is -0.274. The van der Waals surface area contributed by atoms with Gasteiger partial charge >= 0.3 is 6.36 Å². The Balaban J connectivity index is 2.63. The van der Waals surface area contributed by atoms with E-state index >= 15 is 0 Å². The first-order valence-corrected chi connectivity index (χ1v) is 9.17. The number of halogens is 3. The van der Waals surface area contributed by atoms with Crippen LogP contribution in [-0.2, 0) is 9.59 Å². The number of alkyl halides is 3. The zero-order valence-electron chi connectivity index (χ0n) is 17.2. The van der Waals surface area contributed by atoms with Gasteiger partial charge in [0.15, 0.2) is 0 Å². The number of aldehydes is 1. The summed E-state index contributed by atoms with van der Waals surface area (Å²) < 4.78 is 46.9. The molecule has 1 heterocycles. The van der Waals surface area contributed by atoms with Gasteiger partial charge in [-0.05, 0) is 25.1 Å². The Hall–Kier alpha value is -3.56. The lowest BCUT2D eigenvalue weighted by Crippen LogP contribution is -2.17. The van der Waals surface area contributed by atoms with E-state index in [0.29, 0.717) is 40.2 Å². The molecule has 0 aliphatic rings. The number of aromatic nitrogens is 1. The number of anilines is 2. The van der Waals surface area contributed by atoms with E-state index in [1.54, 1.807) is 14.0 Å². The number of carbonyl (C=O) groups excluding carboxylic acids is 2. The van der Waals surface area contributed by atoms with Gasteiger partial charge in [-0.25, -0.2) is 4.98 Å². The van der Waals surface area contributed by atoms with Crippen LogP contribution >= 0.6 is 0 Å². The van der Waals surface area contributed by atoms with Crippen LogP contribution in [0.15, 0.2) is 24.8 Å². The number of nitrogens with one attached hydrogen (secondary N) is 2. The molecule has 0 saturated heterocycles. The van der Waals surface area contributed by atoms with Crippen molar-refractivity contribution in [1.82, 2.24) is 4.98 Å². The van der Waals surface area contributed by atoms with Gasteiger partial charge in [0.2, 0.25) is 5.91 Å². The monoisotopic (exact) mass is 437 g/mol. The zero-order valence-corrected chi connectivity index (χ0v) is 17.2. The number of nitrogens with zero attached hydrogens (tertiary/aromatic N) is 1. The van der Waals surface area contributed by atoms with Crippen molar-refractivity contribution in [3.05, 3.63) is 36.0 Å². The van der Waals surface area contributed by atoms with Gasteiger partial charge in [0, 0.05) is 37.1 Å². The third-order valence-corrected chi connectivity index (χ3v) is 4.33. The predicted molar refractivity (Wildman–Crippen MR) is 111 cm³/mol. The van der Waals surface area contributed by atoms with Crippen LogP contribution in [-0.4, -0.2) is 37.7 Å². The Bertz CT molecular complexity index is 991. The van der Waals surface area contributed by atoms with Crippen LogP contribution in [0.3, 0.4) is 0 Å². The number of benzene rings is 1. The molecule has 0 atom stereocenters. The maximum atomic E-state index is 12.6. The highest BCUT2D eigenvalue weighted by atomic mass is 19.4. The number of rotatable bonds is 9. The average molecular weight is 437 g/mol. The molecule has 0 aliphatic heterocycles. The van der Waals surface area contributed by atoms with E-state index in [0.717, 1.165) is 12.1 Å². The van der Waals surface area contributed by atoms with E-state index in [2.05, 4.69) is 26.9 Å². The molecule has 0 radical (unpaired) electrons. The largest absolute Gasteiger partial charge is 0.573 e. The number of ether oxygens (including phenoxy) is 2. The first kappa shape index (κ1) is 23.7. The summed E-state index contributed by atoms with van der Waals surface area (Å²) >= 11 is 0. The summed E-state index contributed by atoms with van der Waals surface area (Å²) in [5.74, 6) is -0.716. The minimum absolute atomic E-state index is 0.0000274. The van der Waals surface area contributed by atoms with Gasteiger partial charge in [-0.1, -0.05) is 6.58 Å². The Kier molecular flexibility index (Phi) is 7.62. The fraction of sp³-hybridized carbons (Fsp3) is 0.286. The van der Waals surface area contributed by atoms with Crippen LogP contribution in [0.5, 0.6) is 11.5 Å². The van der Waals surface area contributed by atoms with Gasteiger partial charge < -0.3 is 24.9 Å². The Morgan fingerprint density at radius 3 is 2.55 bits per heavy atom. The Morgan fingerprint density at radius 1 is 1.29 bits per heavy atom. The first-order chi connectivity index (χ1) is 14.6. The van der Waals surface area contributed by atoms with Crippen LogP contribution in [0.4, 0.5) is 24.5 Å². The van der Waals surface area contributed by atoms with Crippen LogP contribution in [0.1, 0.15) is 24.1 Å². The summed E-state index contributed by atoms with van der Waals surface area (Å²) in [6, 6.07) is 3.64. The van der Waals surface area contributed by atoms with E-state index in [1.807, 2.05) is 0 Å². The highest BCUT2D eigenvalue weighted by molar-refractivity contribution is 5.99. The minimum atomic E-state index is -4.84. The summed E-state index contributed by atoms with van der Waals surface area (Å²) in [4.78, 5) is 27.4. The standard InChI is InChI=1S/C21H22F3N3O4/c1-5-15-20(25-3)19(27-17(29)7-6-10-28)12(2)18(26-15)14-9-8-13(11-16(14)30-4)31-21(22,23)24/h5,8-11,25H,1,6-7H2,2-4H3,(H,26,27,29). The molecule has 2 aromatic rings. The van der Waals surface area contributed by atoms with Gasteiger partial charge in [0.05, 0.1) is 29.9 Å². The molecule has 1 amide bonds. The molecule has 166 valence electrons. The number of pyridine rings is 1. The predicted octanol–water partition coefficient (Wildman–Crippen LogP) is 4.57. The van der Waals surface area contributed by atoms with Crippen molar-refractivity contribution in [2.24, 2.45) is 0 Å². The van der Waals surface area contributed by atoms with E-state index in [9.17, 15) is 22.8 Å². The number of methoxy groups -OCH3 is 1. The number of hydrogen-bond donors (Lipinski definition) is 2. The molecule has 10 heteroatoms. The molecule has 1 aromatic heterocycles. The molecule has 0 spiro atoms. The molecule has 0 bridgehead atoms. The summed E-state index contributed by atoms with van der Waals surface area (Å²) in [5.41, 5.74) is 2.63. The zero-order chi connectivity index (χ0) is 23.2. The SMILES string of the molecule is C=Cc1nc(-c2ccc(OC(F)(F)F)cc2OC)c(C)c(NC(=O)CCC=O)c1NC. The molecule has 7 nitrogen and oxygen atoms in total. The fourth-order valence-electron chi connectivity index (χ4n) is 2.97. The quantitative estimate of drug-likeness (QED) is 0.559. The minimum Gasteiger partial charge on any atom is -0.496 e. The molecule has 0 fully saturated rings. The van der Waals surface area contributed by atoms with E-state index in [-0.39, 0.29) is 24.5 Å². The van der Waals surface area contributed by atoms with Crippen LogP contribution in [0.2, 0.25) is 0 Å². The lowest BCUT2D eigenvalue weighted by atomic mass is 10.0. The number of hydrogen-bond acceptors (Lipinski definition) is 6. The molecule has 1 aromatic carbocycles. The molecule has 2 rings (SSSR count). The van der Waals surface area contributed by atoms with E-state index in [4.69, 9.17) is 4.74 Å². The second-order valence-electron chi connectivity index (χ2n) is 6.34. The maximum absolute atomic E-state index is 12.6. The fourth-order valence-corrected chi connectivity index (χ4v) is 2.97. The van der Waals surface area contributed by atoms with Crippen molar-refractivity contribution in [2.45, 2.75) is 26.1 Å². The molecule has 0 aliphatic carbocycles. The van der Waals surface area contributed by atoms with Crippen LogP contribution in [0.25, 0.3) is 17.3 Å². The summed E-state index contributed by atoms with van der Waals surface area (Å²) in [6.45, 7) is 5.43.